The highest BCUT2D eigenvalue weighted by Gasteiger charge is 2.36. The van der Waals surface area contributed by atoms with E-state index in [9.17, 15) is 4.79 Å². The van der Waals surface area contributed by atoms with Crippen molar-refractivity contribution in [3.63, 3.8) is 0 Å². The van der Waals surface area contributed by atoms with E-state index in [1.54, 1.807) is 0 Å². The zero-order chi connectivity index (χ0) is 21.0. The molecule has 0 bridgehead atoms. The summed E-state index contributed by atoms with van der Waals surface area (Å²) >= 11 is 0. The number of likely N-dealkylation sites (tertiary alicyclic amines) is 2. The summed E-state index contributed by atoms with van der Waals surface area (Å²) in [5.41, 5.74) is 2.53. The summed E-state index contributed by atoms with van der Waals surface area (Å²) in [7, 11) is 0. The van der Waals surface area contributed by atoms with Crippen LogP contribution in [0, 0.1) is 0 Å². The Bertz CT molecular complexity index is 1020. The molecule has 160 valence electrons. The van der Waals surface area contributed by atoms with Crippen molar-refractivity contribution in [3.8, 4) is 0 Å². The molecule has 31 heavy (non-hydrogen) atoms. The lowest BCUT2D eigenvalue weighted by Gasteiger charge is -2.43. The summed E-state index contributed by atoms with van der Waals surface area (Å²) < 4.78 is 0. The van der Waals surface area contributed by atoms with Gasteiger partial charge in [-0.25, -0.2) is 0 Å². The lowest BCUT2D eigenvalue weighted by molar-refractivity contribution is -0.135. The number of carbonyl (C=O) groups is 1. The molecule has 2 aliphatic rings. The Morgan fingerprint density at radius 1 is 0.806 bits per heavy atom. The second-order valence-corrected chi connectivity index (χ2v) is 9.14. The van der Waals surface area contributed by atoms with Gasteiger partial charge >= 0.3 is 0 Å². The van der Waals surface area contributed by atoms with Crippen LogP contribution in [0.25, 0.3) is 10.8 Å². The average Bonchev–Trinajstić information content (AvgIpc) is 3.33. The predicted octanol–water partition coefficient (Wildman–Crippen LogP) is 5.25. The van der Waals surface area contributed by atoms with Gasteiger partial charge in [0.1, 0.15) is 0 Å². The maximum Gasteiger partial charge on any atom is 0.227 e. The van der Waals surface area contributed by atoms with E-state index in [0.717, 1.165) is 25.1 Å². The normalized spacial score (nSPS) is 22.1. The summed E-state index contributed by atoms with van der Waals surface area (Å²) in [5, 5.41) is 2.41. The summed E-state index contributed by atoms with van der Waals surface area (Å²) in [6.45, 7) is 4.22. The van der Waals surface area contributed by atoms with E-state index in [2.05, 4.69) is 82.6 Å². The first kappa shape index (κ1) is 20.3. The van der Waals surface area contributed by atoms with Crippen molar-refractivity contribution < 1.29 is 4.79 Å². The third-order valence-corrected chi connectivity index (χ3v) is 7.19. The van der Waals surface area contributed by atoms with E-state index in [1.165, 1.54) is 48.7 Å². The number of amides is 1. The van der Waals surface area contributed by atoms with Gasteiger partial charge in [-0.3, -0.25) is 4.79 Å². The Morgan fingerprint density at radius 3 is 2.39 bits per heavy atom. The third-order valence-electron chi connectivity index (χ3n) is 7.19. The van der Waals surface area contributed by atoms with Crippen molar-refractivity contribution in [2.45, 2.75) is 44.1 Å². The molecule has 0 aromatic heterocycles. The SMILES string of the molecule is O=C(Cc1cccc2ccccc12)N1CCC[C@H](c2ccccc2)[C@@H]1CN1CCCC1. The topological polar surface area (TPSA) is 23.6 Å². The molecule has 3 aromatic rings. The minimum Gasteiger partial charge on any atom is -0.338 e. The molecule has 0 radical (unpaired) electrons. The van der Waals surface area contributed by atoms with E-state index in [4.69, 9.17) is 0 Å². The van der Waals surface area contributed by atoms with Crippen molar-refractivity contribution in [3.05, 3.63) is 83.9 Å². The summed E-state index contributed by atoms with van der Waals surface area (Å²) in [6.07, 6.45) is 5.30. The second-order valence-electron chi connectivity index (χ2n) is 9.14. The zero-order valence-corrected chi connectivity index (χ0v) is 18.2. The number of piperidine rings is 1. The Morgan fingerprint density at radius 2 is 1.55 bits per heavy atom. The molecule has 3 heteroatoms. The maximum absolute atomic E-state index is 13.7. The standard InChI is InChI=1S/C28H32N2O/c31-28(20-24-14-8-13-22-12-4-5-15-25(22)24)30-19-9-16-26(23-10-2-1-3-11-23)27(30)21-29-17-6-7-18-29/h1-5,8,10-15,26-27H,6-7,9,16-21H2/t26-,27+/m1/s1. The van der Waals surface area contributed by atoms with Crippen molar-refractivity contribution >= 4 is 16.7 Å². The predicted molar refractivity (Wildman–Crippen MR) is 127 cm³/mol. The molecule has 5 rings (SSSR count). The smallest absolute Gasteiger partial charge is 0.227 e. The molecule has 1 amide bonds. The molecule has 0 spiro atoms. The second kappa shape index (κ2) is 9.23. The fraction of sp³-hybridized carbons (Fsp3) is 0.393. The molecule has 0 saturated carbocycles. The van der Waals surface area contributed by atoms with Gasteiger partial charge in [-0.15, -0.1) is 0 Å². The highest BCUT2D eigenvalue weighted by Crippen LogP contribution is 2.34. The van der Waals surface area contributed by atoms with Crippen LogP contribution >= 0.6 is 0 Å². The number of nitrogens with zero attached hydrogens (tertiary/aromatic N) is 2. The van der Waals surface area contributed by atoms with E-state index >= 15 is 0 Å². The molecule has 2 saturated heterocycles. The zero-order valence-electron chi connectivity index (χ0n) is 18.2. The average molecular weight is 413 g/mol. The van der Waals surface area contributed by atoms with Crippen LogP contribution in [0.3, 0.4) is 0 Å². The molecule has 3 aromatic carbocycles. The molecule has 3 nitrogen and oxygen atoms in total. The Hall–Kier alpha value is -2.65. The molecule has 2 heterocycles. The van der Waals surface area contributed by atoms with Crippen LogP contribution in [0.1, 0.15) is 42.7 Å². The Balaban J connectivity index is 1.42. The van der Waals surface area contributed by atoms with Crippen LogP contribution in [-0.4, -0.2) is 47.9 Å². The van der Waals surface area contributed by atoms with Gasteiger partial charge in [-0.1, -0.05) is 72.8 Å². The number of carbonyl (C=O) groups excluding carboxylic acids is 1. The van der Waals surface area contributed by atoms with Gasteiger partial charge < -0.3 is 9.80 Å². The first-order chi connectivity index (χ1) is 15.3. The fourth-order valence-electron chi connectivity index (χ4n) is 5.62. The van der Waals surface area contributed by atoms with E-state index in [0.29, 0.717) is 12.3 Å². The van der Waals surface area contributed by atoms with Crippen LogP contribution in [-0.2, 0) is 11.2 Å². The maximum atomic E-state index is 13.7. The summed E-state index contributed by atoms with van der Waals surface area (Å²) in [4.78, 5) is 18.5. The molecule has 2 aliphatic heterocycles. The van der Waals surface area contributed by atoms with Gasteiger partial charge in [0.15, 0.2) is 0 Å². The molecular weight excluding hydrogens is 380 g/mol. The molecule has 0 N–H and O–H groups in total. The van der Waals surface area contributed by atoms with E-state index in [-0.39, 0.29) is 11.9 Å². The monoisotopic (exact) mass is 412 g/mol. The van der Waals surface area contributed by atoms with Crippen LogP contribution in [0.2, 0.25) is 0 Å². The van der Waals surface area contributed by atoms with Gasteiger partial charge in [-0.05, 0) is 60.7 Å². The minimum atomic E-state index is 0.261. The van der Waals surface area contributed by atoms with Crippen molar-refractivity contribution in [1.29, 1.82) is 0 Å². The molecular formula is C28H32N2O. The van der Waals surface area contributed by atoms with Crippen molar-refractivity contribution in [2.24, 2.45) is 0 Å². The van der Waals surface area contributed by atoms with E-state index in [1.807, 2.05) is 0 Å². The molecule has 2 atom stereocenters. The number of benzene rings is 3. The van der Waals surface area contributed by atoms with Crippen molar-refractivity contribution in [1.82, 2.24) is 9.80 Å². The van der Waals surface area contributed by atoms with Gasteiger partial charge in [0.2, 0.25) is 5.91 Å². The molecule has 0 unspecified atom stereocenters. The van der Waals surface area contributed by atoms with E-state index < -0.39 is 0 Å². The molecule has 0 aliphatic carbocycles. The Kier molecular flexibility index (Phi) is 6.04. The quantitative estimate of drug-likeness (QED) is 0.571. The first-order valence-corrected chi connectivity index (χ1v) is 11.8. The first-order valence-electron chi connectivity index (χ1n) is 11.8. The fourth-order valence-corrected chi connectivity index (χ4v) is 5.62. The highest BCUT2D eigenvalue weighted by atomic mass is 16.2. The number of hydrogen-bond acceptors (Lipinski definition) is 2. The van der Waals surface area contributed by atoms with Gasteiger partial charge in [0, 0.05) is 19.0 Å². The van der Waals surface area contributed by atoms with Gasteiger partial charge in [-0.2, -0.15) is 0 Å². The molecule has 2 fully saturated rings. The van der Waals surface area contributed by atoms with Gasteiger partial charge in [0.25, 0.3) is 0 Å². The largest absolute Gasteiger partial charge is 0.338 e. The van der Waals surface area contributed by atoms with Gasteiger partial charge in [0.05, 0.1) is 12.5 Å². The third kappa shape index (κ3) is 4.38. The summed E-state index contributed by atoms with van der Waals surface area (Å²) in [6, 6.07) is 25.9. The lowest BCUT2D eigenvalue weighted by Crippen LogP contribution is -2.53. The summed E-state index contributed by atoms with van der Waals surface area (Å²) in [5.74, 6) is 0.702. The van der Waals surface area contributed by atoms with Crippen LogP contribution in [0.5, 0.6) is 0 Å². The lowest BCUT2D eigenvalue weighted by atomic mass is 9.82. The van der Waals surface area contributed by atoms with Crippen molar-refractivity contribution in [2.75, 3.05) is 26.2 Å². The Labute approximate surface area is 185 Å². The van der Waals surface area contributed by atoms with Crippen LogP contribution in [0.15, 0.2) is 72.8 Å². The minimum absolute atomic E-state index is 0.261. The highest BCUT2D eigenvalue weighted by molar-refractivity contribution is 5.90. The van der Waals surface area contributed by atoms with Crippen LogP contribution < -0.4 is 0 Å². The number of fused-ring (bicyclic) bond motifs is 1. The number of rotatable bonds is 5. The van der Waals surface area contributed by atoms with Crippen LogP contribution in [0.4, 0.5) is 0 Å². The number of hydrogen-bond donors (Lipinski definition) is 0.